The van der Waals surface area contributed by atoms with Crippen molar-refractivity contribution in [1.82, 2.24) is 15.1 Å². The van der Waals surface area contributed by atoms with Crippen LogP contribution in [0.4, 0.5) is 20.7 Å². The third-order valence-electron chi connectivity index (χ3n) is 4.97. The second-order valence-corrected chi connectivity index (χ2v) is 7.74. The number of hydrogen-bond donors (Lipinski definition) is 3. The zero-order valence-corrected chi connectivity index (χ0v) is 17.0. The molecule has 0 fully saturated rings. The summed E-state index contributed by atoms with van der Waals surface area (Å²) in [6, 6.07) is 9.22. The lowest BCUT2D eigenvalue weighted by Crippen LogP contribution is -2.24. The first-order valence-electron chi connectivity index (χ1n) is 9.31. The molecule has 0 bridgehead atoms. The van der Waals surface area contributed by atoms with E-state index in [1.54, 1.807) is 24.3 Å². The van der Waals surface area contributed by atoms with Crippen molar-refractivity contribution in [2.75, 3.05) is 11.1 Å². The fraction of sp³-hybridized carbons (Fsp3) is 0.190. The van der Waals surface area contributed by atoms with Gasteiger partial charge in [-0.3, -0.25) is 4.79 Å². The Morgan fingerprint density at radius 3 is 2.77 bits per heavy atom. The number of rotatable bonds is 3. The second-order valence-electron chi connectivity index (χ2n) is 7.33. The van der Waals surface area contributed by atoms with Gasteiger partial charge in [-0.1, -0.05) is 31.5 Å². The van der Waals surface area contributed by atoms with Crippen molar-refractivity contribution >= 4 is 35.0 Å². The van der Waals surface area contributed by atoms with E-state index in [1.807, 2.05) is 13.8 Å². The summed E-state index contributed by atoms with van der Waals surface area (Å²) in [5, 5.41) is 10.1. The summed E-state index contributed by atoms with van der Waals surface area (Å²) < 4.78 is 14.9. The van der Waals surface area contributed by atoms with E-state index in [0.29, 0.717) is 33.1 Å². The van der Waals surface area contributed by atoms with Crippen LogP contribution in [0, 0.1) is 5.82 Å². The lowest BCUT2D eigenvalue weighted by atomic mass is 9.96. The number of hydrogen-bond acceptors (Lipinski definition) is 4. The van der Waals surface area contributed by atoms with Gasteiger partial charge >= 0.3 is 6.03 Å². The molecule has 0 aliphatic carbocycles. The fourth-order valence-corrected chi connectivity index (χ4v) is 3.69. The van der Waals surface area contributed by atoms with E-state index < -0.39 is 17.9 Å². The summed E-state index contributed by atoms with van der Waals surface area (Å²) in [6.07, 6.45) is 0. The topological polar surface area (TPSA) is 102 Å². The molecule has 1 unspecified atom stereocenters. The highest BCUT2D eigenvalue weighted by molar-refractivity contribution is 6.31. The zero-order chi connectivity index (χ0) is 21.6. The molecule has 1 aliphatic rings. The van der Waals surface area contributed by atoms with Gasteiger partial charge in [-0.05, 0) is 36.2 Å². The Hall–Kier alpha value is -3.39. The zero-order valence-electron chi connectivity index (χ0n) is 16.2. The van der Waals surface area contributed by atoms with E-state index in [1.165, 1.54) is 18.2 Å². The molecular weight excluding hydrogens is 409 g/mol. The summed E-state index contributed by atoms with van der Waals surface area (Å²) >= 11 is 6.26. The lowest BCUT2D eigenvalue weighted by molar-refractivity contribution is 0.0960. The van der Waals surface area contributed by atoms with E-state index in [0.717, 1.165) is 4.68 Å². The molecule has 4 rings (SSSR count). The van der Waals surface area contributed by atoms with Crippen LogP contribution in [0.25, 0.3) is 0 Å². The Balaban J connectivity index is 1.74. The maximum atomic E-state index is 13.9. The minimum atomic E-state index is -0.714. The Morgan fingerprint density at radius 2 is 2.07 bits per heavy atom. The van der Waals surface area contributed by atoms with Gasteiger partial charge in [0.25, 0.3) is 5.91 Å². The summed E-state index contributed by atoms with van der Waals surface area (Å²) in [4.78, 5) is 25.3. The molecule has 2 aromatic carbocycles. The molecule has 30 heavy (non-hydrogen) atoms. The number of carbonyl (C=O) groups is 2. The number of nitrogens with zero attached hydrogens (tertiary/aromatic N) is 2. The van der Waals surface area contributed by atoms with Crippen molar-refractivity contribution in [2.45, 2.75) is 25.8 Å². The van der Waals surface area contributed by atoms with Gasteiger partial charge in [0.05, 0.1) is 11.7 Å². The largest absolute Gasteiger partial charge is 0.383 e. The van der Waals surface area contributed by atoms with E-state index >= 15 is 0 Å². The lowest BCUT2D eigenvalue weighted by Gasteiger charge is -2.18. The number of anilines is 2. The van der Waals surface area contributed by atoms with Crippen LogP contribution in [0.5, 0.6) is 0 Å². The number of benzene rings is 2. The van der Waals surface area contributed by atoms with Crippen molar-refractivity contribution in [2.24, 2.45) is 0 Å². The van der Waals surface area contributed by atoms with Crippen LogP contribution < -0.4 is 16.4 Å². The summed E-state index contributed by atoms with van der Waals surface area (Å²) in [7, 11) is 0. The monoisotopic (exact) mass is 427 g/mol. The SMILES string of the molecule is CC(C)c1cc(N)n(C(=O)Nc2cccc3c2C(c2cc(F)ccc2Cl)NC3=O)n1. The minimum Gasteiger partial charge on any atom is -0.383 e. The highest BCUT2D eigenvalue weighted by Gasteiger charge is 2.34. The van der Waals surface area contributed by atoms with Gasteiger partial charge in [-0.25, -0.2) is 9.18 Å². The van der Waals surface area contributed by atoms with Crippen molar-refractivity contribution in [3.8, 4) is 0 Å². The Bertz CT molecular complexity index is 1170. The average molecular weight is 428 g/mol. The summed E-state index contributed by atoms with van der Waals surface area (Å²) in [6.45, 7) is 3.89. The first-order chi connectivity index (χ1) is 14.3. The molecule has 0 saturated heterocycles. The predicted octanol–water partition coefficient (Wildman–Crippen LogP) is 4.29. The van der Waals surface area contributed by atoms with Crippen LogP contribution in [0.15, 0.2) is 42.5 Å². The molecule has 154 valence electrons. The van der Waals surface area contributed by atoms with Gasteiger partial charge in [-0.2, -0.15) is 9.78 Å². The number of halogens is 2. The molecule has 0 radical (unpaired) electrons. The Kier molecular flexibility index (Phi) is 4.95. The van der Waals surface area contributed by atoms with Crippen LogP contribution in [-0.4, -0.2) is 21.7 Å². The first kappa shape index (κ1) is 19.9. The Labute approximate surface area is 177 Å². The molecule has 1 aromatic heterocycles. The third-order valence-corrected chi connectivity index (χ3v) is 5.31. The maximum Gasteiger partial charge on any atom is 0.348 e. The van der Waals surface area contributed by atoms with Gasteiger partial charge in [0, 0.05) is 33.5 Å². The van der Waals surface area contributed by atoms with Crippen LogP contribution in [0.1, 0.15) is 53.0 Å². The molecule has 7 nitrogen and oxygen atoms in total. The summed E-state index contributed by atoms with van der Waals surface area (Å²) in [5.74, 6) is -0.525. The Morgan fingerprint density at radius 1 is 1.30 bits per heavy atom. The van der Waals surface area contributed by atoms with Crippen LogP contribution in [0.2, 0.25) is 5.02 Å². The predicted molar refractivity (Wildman–Crippen MR) is 112 cm³/mol. The van der Waals surface area contributed by atoms with Gasteiger partial charge in [0.2, 0.25) is 0 Å². The number of aromatic nitrogens is 2. The third kappa shape index (κ3) is 3.39. The van der Waals surface area contributed by atoms with Gasteiger partial charge < -0.3 is 16.4 Å². The molecule has 9 heteroatoms. The molecule has 1 aliphatic heterocycles. The van der Waals surface area contributed by atoms with E-state index in [-0.39, 0.29) is 17.6 Å². The van der Waals surface area contributed by atoms with E-state index in [9.17, 15) is 14.0 Å². The smallest absolute Gasteiger partial charge is 0.348 e. The number of amides is 2. The molecule has 4 N–H and O–H groups in total. The fourth-order valence-electron chi connectivity index (χ4n) is 3.46. The average Bonchev–Trinajstić information content (AvgIpc) is 3.25. The van der Waals surface area contributed by atoms with Crippen LogP contribution in [-0.2, 0) is 0 Å². The number of carbonyl (C=O) groups excluding carboxylic acids is 2. The molecular formula is C21H19ClFN5O2. The molecule has 0 saturated carbocycles. The normalized spacial score (nSPS) is 15.2. The van der Waals surface area contributed by atoms with Crippen molar-refractivity contribution < 1.29 is 14.0 Å². The number of nitrogens with one attached hydrogen (secondary N) is 2. The standard InChI is InChI=1S/C21H19ClFN5O2/c1-10(2)16-9-17(24)28(27-16)21(30)25-15-5-3-4-12-18(15)19(26-20(12)29)13-8-11(23)6-7-14(13)22/h3-10,19H,24H2,1-2H3,(H,25,30)(H,26,29). The number of nitrogens with two attached hydrogens (primary N) is 1. The molecule has 2 heterocycles. The quantitative estimate of drug-likeness (QED) is 0.580. The van der Waals surface area contributed by atoms with Crippen molar-refractivity contribution in [1.29, 1.82) is 0 Å². The molecule has 2 amide bonds. The number of nitrogen functional groups attached to an aromatic ring is 1. The van der Waals surface area contributed by atoms with Gasteiger partial charge in [0.1, 0.15) is 11.6 Å². The maximum absolute atomic E-state index is 13.9. The van der Waals surface area contributed by atoms with Gasteiger partial charge in [-0.15, -0.1) is 0 Å². The second kappa shape index (κ2) is 7.46. The minimum absolute atomic E-state index is 0.101. The van der Waals surface area contributed by atoms with E-state index in [2.05, 4.69) is 15.7 Å². The first-order valence-corrected chi connectivity index (χ1v) is 9.69. The highest BCUT2D eigenvalue weighted by Crippen LogP contribution is 2.39. The molecule has 0 spiro atoms. The highest BCUT2D eigenvalue weighted by atomic mass is 35.5. The molecule has 1 atom stereocenters. The van der Waals surface area contributed by atoms with E-state index in [4.69, 9.17) is 17.3 Å². The van der Waals surface area contributed by atoms with Crippen LogP contribution >= 0.6 is 11.6 Å². The van der Waals surface area contributed by atoms with Crippen LogP contribution in [0.3, 0.4) is 0 Å². The molecule has 3 aromatic rings. The summed E-state index contributed by atoms with van der Waals surface area (Å²) in [5.41, 5.74) is 8.26. The van der Waals surface area contributed by atoms with Crippen molar-refractivity contribution in [3.63, 3.8) is 0 Å². The van der Waals surface area contributed by atoms with Gasteiger partial charge in [0.15, 0.2) is 0 Å². The number of fused-ring (bicyclic) bond motifs is 1. The van der Waals surface area contributed by atoms with Crippen molar-refractivity contribution in [3.05, 3.63) is 75.7 Å².